The Labute approximate surface area is 170 Å². The Balaban J connectivity index is 1.57. The summed E-state index contributed by atoms with van der Waals surface area (Å²) in [4.78, 5) is 0. The van der Waals surface area contributed by atoms with E-state index in [1.165, 1.54) is 116 Å². The van der Waals surface area contributed by atoms with Crippen LogP contribution < -0.4 is 0 Å². The Hall–Kier alpha value is -0.510. The smallest absolute Gasteiger partial charge is 0.0689 e. The first-order valence-corrected chi connectivity index (χ1v) is 12.6. The van der Waals surface area contributed by atoms with Crippen LogP contribution in [0.25, 0.3) is 0 Å². The van der Waals surface area contributed by atoms with E-state index in [1.54, 1.807) is 0 Å². The minimum atomic E-state index is 0.0432. The summed E-state index contributed by atoms with van der Waals surface area (Å²) in [7, 11) is 0. The zero-order valence-corrected chi connectivity index (χ0v) is 18.6. The van der Waals surface area contributed by atoms with Gasteiger partial charge in [-0.1, -0.05) is 104 Å². The van der Waals surface area contributed by atoms with Crippen molar-refractivity contribution in [1.82, 2.24) is 0 Å². The van der Waals surface area contributed by atoms with E-state index >= 15 is 0 Å². The molecule has 1 nitrogen and oxygen atoms in total. The molecule has 0 radical (unpaired) electrons. The summed E-state index contributed by atoms with van der Waals surface area (Å²) in [6, 6.07) is 2.73. The summed E-state index contributed by atoms with van der Waals surface area (Å²) in [5.41, 5.74) is 0.0432. The van der Waals surface area contributed by atoms with Gasteiger partial charge in [-0.25, -0.2) is 0 Å². The highest BCUT2D eigenvalue weighted by molar-refractivity contribution is 5.01. The lowest BCUT2D eigenvalue weighted by molar-refractivity contribution is 0.171. The molecule has 0 N–H and O–H groups in total. The Morgan fingerprint density at radius 2 is 1.19 bits per heavy atom. The third-order valence-corrected chi connectivity index (χ3v) is 7.97. The van der Waals surface area contributed by atoms with Crippen LogP contribution in [0.5, 0.6) is 0 Å². The molecule has 0 unspecified atom stereocenters. The van der Waals surface area contributed by atoms with Crippen LogP contribution in [-0.2, 0) is 0 Å². The Kier molecular flexibility index (Phi) is 10.8. The van der Waals surface area contributed by atoms with Crippen LogP contribution in [0.2, 0.25) is 0 Å². The predicted molar refractivity (Wildman–Crippen MR) is 118 cm³/mol. The van der Waals surface area contributed by atoms with Crippen LogP contribution in [-0.4, -0.2) is 0 Å². The molecule has 0 atom stereocenters. The van der Waals surface area contributed by atoms with Gasteiger partial charge in [0, 0.05) is 0 Å². The van der Waals surface area contributed by atoms with E-state index in [4.69, 9.17) is 0 Å². The van der Waals surface area contributed by atoms with Crippen molar-refractivity contribution in [3.8, 4) is 6.07 Å². The molecule has 2 aliphatic carbocycles. The largest absolute Gasteiger partial charge is 0.198 e. The maximum atomic E-state index is 9.73. The van der Waals surface area contributed by atoms with Crippen molar-refractivity contribution in [2.75, 3.05) is 0 Å². The average Bonchev–Trinajstić information content (AvgIpc) is 2.72. The fourth-order valence-electron chi connectivity index (χ4n) is 5.79. The molecule has 1 heteroatoms. The van der Waals surface area contributed by atoms with Crippen molar-refractivity contribution in [2.24, 2.45) is 23.2 Å². The van der Waals surface area contributed by atoms with Gasteiger partial charge in [-0.3, -0.25) is 0 Å². The molecule has 0 amide bonds. The van der Waals surface area contributed by atoms with Crippen LogP contribution >= 0.6 is 0 Å². The van der Waals surface area contributed by atoms with Gasteiger partial charge >= 0.3 is 0 Å². The summed E-state index contributed by atoms with van der Waals surface area (Å²) in [6.45, 7) is 4.57. The normalized spacial score (nSPS) is 31.5. The highest BCUT2D eigenvalue weighted by atomic mass is 14.4. The van der Waals surface area contributed by atoms with Crippen LogP contribution in [0.1, 0.15) is 136 Å². The van der Waals surface area contributed by atoms with E-state index in [0.717, 1.165) is 24.2 Å². The molecule has 0 aromatic heterocycles. The molecular formula is C26H47N. The van der Waals surface area contributed by atoms with E-state index in [2.05, 4.69) is 19.9 Å². The molecule has 0 heterocycles. The number of rotatable bonds is 12. The monoisotopic (exact) mass is 373 g/mol. The van der Waals surface area contributed by atoms with Crippen LogP contribution in [0.4, 0.5) is 0 Å². The van der Waals surface area contributed by atoms with Gasteiger partial charge in [0.2, 0.25) is 0 Å². The number of unbranched alkanes of at least 4 members (excludes halogenated alkanes) is 5. The van der Waals surface area contributed by atoms with Crippen molar-refractivity contribution >= 4 is 0 Å². The minimum Gasteiger partial charge on any atom is -0.198 e. The van der Waals surface area contributed by atoms with Crippen molar-refractivity contribution in [1.29, 1.82) is 5.26 Å². The second-order valence-electron chi connectivity index (χ2n) is 10.1. The summed E-state index contributed by atoms with van der Waals surface area (Å²) in [5, 5.41) is 9.73. The Morgan fingerprint density at radius 1 is 0.667 bits per heavy atom. The summed E-state index contributed by atoms with van der Waals surface area (Å²) >= 11 is 0. The third kappa shape index (κ3) is 8.17. The lowest BCUT2D eigenvalue weighted by atomic mass is 9.67. The van der Waals surface area contributed by atoms with E-state index in [9.17, 15) is 5.26 Å². The summed E-state index contributed by atoms with van der Waals surface area (Å²) in [6.07, 6.45) is 26.2. The van der Waals surface area contributed by atoms with Crippen molar-refractivity contribution in [2.45, 2.75) is 136 Å². The van der Waals surface area contributed by atoms with Gasteiger partial charge < -0.3 is 0 Å². The van der Waals surface area contributed by atoms with Gasteiger partial charge in [-0.2, -0.15) is 5.26 Å². The second kappa shape index (κ2) is 12.9. The molecular weight excluding hydrogens is 326 g/mol. The first-order chi connectivity index (χ1) is 13.2. The van der Waals surface area contributed by atoms with Gasteiger partial charge in [0.05, 0.1) is 11.5 Å². The van der Waals surface area contributed by atoms with Gasteiger partial charge in [-0.05, 0) is 49.9 Å². The average molecular weight is 374 g/mol. The maximum Gasteiger partial charge on any atom is 0.0689 e. The zero-order chi connectivity index (χ0) is 19.4. The number of hydrogen-bond acceptors (Lipinski definition) is 1. The highest BCUT2D eigenvalue weighted by Gasteiger charge is 2.35. The van der Waals surface area contributed by atoms with Gasteiger partial charge in [0.15, 0.2) is 0 Å². The lowest BCUT2D eigenvalue weighted by Crippen LogP contribution is -2.26. The van der Waals surface area contributed by atoms with Crippen molar-refractivity contribution in [3.05, 3.63) is 0 Å². The molecule has 2 aliphatic rings. The molecule has 0 aromatic carbocycles. The zero-order valence-electron chi connectivity index (χ0n) is 18.6. The van der Waals surface area contributed by atoms with Crippen LogP contribution in [0.15, 0.2) is 0 Å². The van der Waals surface area contributed by atoms with Gasteiger partial charge in [0.1, 0.15) is 0 Å². The van der Waals surface area contributed by atoms with Crippen molar-refractivity contribution in [3.63, 3.8) is 0 Å². The maximum absolute atomic E-state index is 9.73. The summed E-state index contributed by atoms with van der Waals surface area (Å²) < 4.78 is 0. The number of hydrogen-bond donors (Lipinski definition) is 0. The first-order valence-electron chi connectivity index (χ1n) is 12.6. The molecule has 2 rings (SSSR count). The Bertz CT molecular complexity index is 404. The van der Waals surface area contributed by atoms with Crippen LogP contribution in [0, 0.1) is 34.5 Å². The second-order valence-corrected chi connectivity index (χ2v) is 10.1. The Morgan fingerprint density at radius 3 is 1.74 bits per heavy atom. The van der Waals surface area contributed by atoms with Crippen LogP contribution in [0.3, 0.4) is 0 Å². The first kappa shape index (κ1) is 22.8. The van der Waals surface area contributed by atoms with E-state index < -0.39 is 0 Å². The quantitative estimate of drug-likeness (QED) is 0.313. The molecule has 27 heavy (non-hydrogen) atoms. The SMILES string of the molecule is CCCCCC[C@H]1CC[C@H](CC[C@H]2CC[C@@](C#N)(CCCCC)CC2)CC1. The van der Waals surface area contributed by atoms with Gasteiger partial charge in [-0.15, -0.1) is 0 Å². The molecule has 0 spiro atoms. The van der Waals surface area contributed by atoms with E-state index in [1.807, 2.05) is 0 Å². The van der Waals surface area contributed by atoms with E-state index in [-0.39, 0.29) is 5.41 Å². The minimum absolute atomic E-state index is 0.0432. The highest BCUT2D eigenvalue weighted by Crippen LogP contribution is 2.44. The summed E-state index contributed by atoms with van der Waals surface area (Å²) in [5.74, 6) is 2.99. The fraction of sp³-hybridized carbons (Fsp3) is 0.962. The van der Waals surface area contributed by atoms with Gasteiger partial charge in [0.25, 0.3) is 0 Å². The van der Waals surface area contributed by atoms with Crippen molar-refractivity contribution < 1.29 is 0 Å². The molecule has 2 fully saturated rings. The molecule has 156 valence electrons. The molecule has 0 bridgehead atoms. The molecule has 0 aliphatic heterocycles. The lowest BCUT2D eigenvalue weighted by Gasteiger charge is -2.36. The predicted octanol–water partition coefficient (Wildman–Crippen LogP) is 8.82. The molecule has 2 saturated carbocycles. The fourth-order valence-corrected chi connectivity index (χ4v) is 5.79. The number of nitrogens with zero attached hydrogens (tertiary/aromatic N) is 1. The molecule has 0 saturated heterocycles. The van der Waals surface area contributed by atoms with E-state index in [0.29, 0.717) is 0 Å². The third-order valence-electron chi connectivity index (χ3n) is 7.97. The number of nitriles is 1. The standard InChI is InChI=1S/C26H47N/c1-3-5-7-8-10-23-11-13-24(14-12-23)15-16-25-17-20-26(22-27,21-18-25)19-9-6-4-2/h23-25H,3-21H2,1-2H3/t23-,24-,25-,26-. The topological polar surface area (TPSA) is 23.8 Å². The molecule has 0 aromatic rings.